The molecule has 0 radical (unpaired) electrons. The minimum absolute atomic E-state index is 0.0245. The fraction of sp³-hybridized carbons (Fsp3) is 0.667. The lowest BCUT2D eigenvalue weighted by molar-refractivity contribution is -0.121. The lowest BCUT2D eigenvalue weighted by Crippen LogP contribution is -2.41. The molecule has 2 N–H and O–H groups in total. The van der Waals surface area contributed by atoms with Gasteiger partial charge in [0.1, 0.15) is 9.84 Å². The molecular weight excluding hydrogens is 266 g/mol. The molecule has 1 aromatic heterocycles. The van der Waals surface area contributed by atoms with Gasteiger partial charge in [0.25, 0.3) is 0 Å². The third-order valence-electron chi connectivity index (χ3n) is 3.54. The Labute approximate surface area is 112 Å². The Kier molecular flexibility index (Phi) is 3.93. The van der Waals surface area contributed by atoms with Crippen molar-refractivity contribution in [3.63, 3.8) is 0 Å². The van der Waals surface area contributed by atoms with E-state index >= 15 is 0 Å². The fourth-order valence-electron chi connectivity index (χ4n) is 2.31. The SMILES string of the molecule is Cc1n[nH]c(C)c1CC(=O)NC1CCS(=O)(=O)CC1. The van der Waals surface area contributed by atoms with Crippen LogP contribution >= 0.6 is 0 Å². The molecule has 19 heavy (non-hydrogen) atoms. The van der Waals surface area contributed by atoms with Gasteiger partial charge in [-0.3, -0.25) is 9.89 Å². The largest absolute Gasteiger partial charge is 0.353 e. The van der Waals surface area contributed by atoms with E-state index in [0.717, 1.165) is 17.0 Å². The molecule has 1 saturated heterocycles. The van der Waals surface area contributed by atoms with Gasteiger partial charge in [-0.1, -0.05) is 0 Å². The molecule has 6 nitrogen and oxygen atoms in total. The number of amides is 1. The normalized spacial score (nSPS) is 19.3. The Bertz CT molecular complexity index is 544. The lowest BCUT2D eigenvalue weighted by atomic mass is 10.1. The van der Waals surface area contributed by atoms with Crippen molar-refractivity contribution in [1.29, 1.82) is 0 Å². The number of carbonyl (C=O) groups is 1. The topological polar surface area (TPSA) is 91.9 Å². The first-order valence-corrected chi connectivity index (χ1v) is 8.20. The maximum Gasteiger partial charge on any atom is 0.224 e. The molecule has 0 saturated carbocycles. The number of aromatic nitrogens is 2. The van der Waals surface area contributed by atoms with Crippen LogP contribution in [0.25, 0.3) is 0 Å². The summed E-state index contributed by atoms with van der Waals surface area (Å²) < 4.78 is 22.6. The zero-order valence-electron chi connectivity index (χ0n) is 11.2. The van der Waals surface area contributed by atoms with Crippen molar-refractivity contribution in [2.24, 2.45) is 0 Å². The van der Waals surface area contributed by atoms with Gasteiger partial charge in [0.15, 0.2) is 0 Å². The van der Waals surface area contributed by atoms with Gasteiger partial charge in [-0.15, -0.1) is 0 Å². The summed E-state index contributed by atoms with van der Waals surface area (Å²) in [4.78, 5) is 11.9. The van der Waals surface area contributed by atoms with Crippen LogP contribution in [0.2, 0.25) is 0 Å². The quantitative estimate of drug-likeness (QED) is 0.833. The Morgan fingerprint density at radius 3 is 2.53 bits per heavy atom. The maximum absolute atomic E-state index is 11.9. The number of aryl methyl sites for hydroxylation is 2. The second kappa shape index (κ2) is 5.32. The monoisotopic (exact) mass is 285 g/mol. The Balaban J connectivity index is 1.89. The molecule has 0 spiro atoms. The number of sulfone groups is 1. The highest BCUT2D eigenvalue weighted by Crippen LogP contribution is 2.14. The van der Waals surface area contributed by atoms with Crippen LogP contribution in [0.4, 0.5) is 0 Å². The van der Waals surface area contributed by atoms with Crippen molar-refractivity contribution in [3.8, 4) is 0 Å². The van der Waals surface area contributed by atoms with Gasteiger partial charge in [0.05, 0.1) is 23.6 Å². The van der Waals surface area contributed by atoms with Gasteiger partial charge in [-0.05, 0) is 26.7 Å². The number of hydrogen-bond donors (Lipinski definition) is 2. The number of nitrogens with zero attached hydrogens (tertiary/aromatic N) is 1. The van der Waals surface area contributed by atoms with E-state index in [-0.39, 0.29) is 29.9 Å². The standard InChI is InChI=1S/C12H19N3O3S/c1-8-11(9(2)15-14-8)7-12(16)13-10-3-5-19(17,18)6-4-10/h10H,3-7H2,1-2H3,(H,13,16)(H,14,15). The molecule has 7 heteroatoms. The third kappa shape index (κ3) is 3.56. The summed E-state index contributed by atoms with van der Waals surface area (Å²) in [7, 11) is -2.88. The minimum Gasteiger partial charge on any atom is -0.353 e. The van der Waals surface area contributed by atoms with Crippen molar-refractivity contribution >= 4 is 15.7 Å². The van der Waals surface area contributed by atoms with Gasteiger partial charge in [0.2, 0.25) is 5.91 Å². The van der Waals surface area contributed by atoms with Crippen LogP contribution in [0.5, 0.6) is 0 Å². The van der Waals surface area contributed by atoms with Crippen LogP contribution < -0.4 is 5.32 Å². The lowest BCUT2D eigenvalue weighted by Gasteiger charge is -2.23. The average molecular weight is 285 g/mol. The van der Waals surface area contributed by atoms with Gasteiger partial charge < -0.3 is 5.32 Å². The van der Waals surface area contributed by atoms with E-state index < -0.39 is 9.84 Å². The van der Waals surface area contributed by atoms with Gasteiger partial charge in [0, 0.05) is 17.3 Å². The molecular formula is C12H19N3O3S. The van der Waals surface area contributed by atoms with Gasteiger partial charge >= 0.3 is 0 Å². The van der Waals surface area contributed by atoms with E-state index in [1.165, 1.54) is 0 Å². The van der Waals surface area contributed by atoms with Crippen molar-refractivity contribution in [2.75, 3.05) is 11.5 Å². The number of carbonyl (C=O) groups excluding carboxylic acids is 1. The minimum atomic E-state index is -2.88. The Hall–Kier alpha value is -1.37. The zero-order chi connectivity index (χ0) is 14.0. The molecule has 1 fully saturated rings. The number of hydrogen-bond acceptors (Lipinski definition) is 4. The number of aromatic amines is 1. The van der Waals surface area contributed by atoms with Crippen LogP contribution in [0.3, 0.4) is 0 Å². The molecule has 1 aromatic rings. The molecule has 106 valence electrons. The third-order valence-corrected chi connectivity index (χ3v) is 5.25. The van der Waals surface area contributed by atoms with Crippen LogP contribution in [-0.2, 0) is 21.1 Å². The van der Waals surface area contributed by atoms with Crippen molar-refractivity contribution in [2.45, 2.75) is 39.2 Å². The summed E-state index contributed by atoms with van der Waals surface area (Å²) in [6, 6.07) is -0.0245. The van der Waals surface area contributed by atoms with E-state index in [0.29, 0.717) is 12.8 Å². The molecule has 1 aliphatic rings. The van der Waals surface area contributed by atoms with Crippen LogP contribution in [0.15, 0.2) is 0 Å². The smallest absolute Gasteiger partial charge is 0.224 e. The Morgan fingerprint density at radius 2 is 2.00 bits per heavy atom. The number of rotatable bonds is 3. The average Bonchev–Trinajstić information content (AvgIpc) is 2.64. The van der Waals surface area contributed by atoms with E-state index in [2.05, 4.69) is 15.5 Å². The molecule has 0 aliphatic carbocycles. The van der Waals surface area contributed by atoms with Crippen molar-refractivity contribution in [1.82, 2.24) is 15.5 Å². The molecule has 2 rings (SSSR count). The highest BCUT2D eigenvalue weighted by Gasteiger charge is 2.25. The predicted molar refractivity (Wildman–Crippen MR) is 71.6 cm³/mol. The van der Waals surface area contributed by atoms with Crippen LogP contribution in [0.1, 0.15) is 29.8 Å². The van der Waals surface area contributed by atoms with E-state index in [1.54, 1.807) is 0 Å². The summed E-state index contributed by atoms with van der Waals surface area (Å²) in [5, 5.41) is 9.80. The summed E-state index contributed by atoms with van der Waals surface area (Å²) in [6.07, 6.45) is 1.31. The van der Waals surface area contributed by atoms with Crippen LogP contribution in [0, 0.1) is 13.8 Å². The first kappa shape index (κ1) is 14.0. The summed E-state index contributed by atoms with van der Waals surface area (Å²) in [6.45, 7) is 3.75. The number of H-pyrrole nitrogens is 1. The van der Waals surface area contributed by atoms with E-state index in [9.17, 15) is 13.2 Å². The van der Waals surface area contributed by atoms with Crippen molar-refractivity contribution < 1.29 is 13.2 Å². The second-order valence-electron chi connectivity index (χ2n) is 5.08. The molecule has 0 unspecified atom stereocenters. The first-order valence-electron chi connectivity index (χ1n) is 6.37. The van der Waals surface area contributed by atoms with Crippen molar-refractivity contribution in [3.05, 3.63) is 17.0 Å². The maximum atomic E-state index is 11.9. The van der Waals surface area contributed by atoms with Gasteiger partial charge in [-0.25, -0.2) is 8.42 Å². The molecule has 0 bridgehead atoms. The first-order chi connectivity index (χ1) is 8.87. The summed E-state index contributed by atoms with van der Waals surface area (Å²) in [5.41, 5.74) is 2.65. The predicted octanol–water partition coefficient (Wildman–Crippen LogP) is 0.262. The highest BCUT2D eigenvalue weighted by atomic mass is 32.2. The van der Waals surface area contributed by atoms with E-state index in [1.807, 2.05) is 13.8 Å². The molecule has 0 atom stereocenters. The molecule has 2 heterocycles. The molecule has 1 amide bonds. The summed E-state index contributed by atoms with van der Waals surface area (Å²) >= 11 is 0. The van der Waals surface area contributed by atoms with Crippen LogP contribution in [-0.4, -0.2) is 42.1 Å². The number of nitrogens with one attached hydrogen (secondary N) is 2. The Morgan fingerprint density at radius 1 is 1.37 bits per heavy atom. The fourth-order valence-corrected chi connectivity index (χ4v) is 3.80. The molecule has 1 aliphatic heterocycles. The highest BCUT2D eigenvalue weighted by molar-refractivity contribution is 7.91. The second-order valence-corrected chi connectivity index (χ2v) is 7.39. The van der Waals surface area contributed by atoms with E-state index in [4.69, 9.17) is 0 Å². The van der Waals surface area contributed by atoms with Gasteiger partial charge in [-0.2, -0.15) is 5.10 Å². The zero-order valence-corrected chi connectivity index (χ0v) is 12.0. The summed E-state index contributed by atoms with van der Waals surface area (Å²) in [5.74, 6) is 0.264. The molecule has 0 aromatic carbocycles.